The highest BCUT2D eigenvalue weighted by atomic mass is 16.3. The summed E-state index contributed by atoms with van der Waals surface area (Å²) in [4.78, 5) is 3.84. The van der Waals surface area contributed by atoms with E-state index in [1.165, 1.54) is 6.20 Å². The third kappa shape index (κ3) is 4.11. The van der Waals surface area contributed by atoms with E-state index in [9.17, 15) is 5.11 Å². The second kappa shape index (κ2) is 8.00. The minimum atomic E-state index is -0.287. The number of hydrogen-bond acceptors (Lipinski definition) is 6. The van der Waals surface area contributed by atoms with Crippen LogP contribution in [0, 0.1) is 6.92 Å². The molecule has 1 rings (SSSR count). The van der Waals surface area contributed by atoms with E-state index < -0.39 is 0 Å². The maximum Gasteiger partial charge on any atom is 0.142 e. The van der Waals surface area contributed by atoms with Crippen molar-refractivity contribution in [2.75, 3.05) is 13.2 Å². The molecule has 0 aliphatic carbocycles. The van der Waals surface area contributed by atoms with Crippen LogP contribution in [0.15, 0.2) is 6.20 Å². The topological polar surface area (TPSA) is 114 Å². The third-order valence-corrected chi connectivity index (χ3v) is 1.86. The van der Waals surface area contributed by atoms with Gasteiger partial charge in [-0.2, -0.15) is 0 Å². The number of aromatic nitrogens is 1. The van der Waals surface area contributed by atoms with Crippen LogP contribution in [0.1, 0.15) is 16.8 Å². The summed E-state index contributed by atoms with van der Waals surface area (Å²) in [6.07, 6.45) is 1.45. The number of nitrogens with zero attached hydrogens (tertiary/aromatic N) is 1. The van der Waals surface area contributed by atoms with E-state index in [0.717, 1.165) is 0 Å². The smallest absolute Gasteiger partial charge is 0.142 e. The molecule has 0 amide bonds. The van der Waals surface area contributed by atoms with Crippen LogP contribution in [0.2, 0.25) is 0 Å². The Morgan fingerprint density at radius 3 is 2.00 bits per heavy atom. The SMILES string of the molecule is Cc1ncc(CO)c(CO)c1O.OCCO. The molecule has 92 valence electrons. The highest BCUT2D eigenvalue weighted by Crippen LogP contribution is 2.23. The number of aryl methyl sites for hydroxylation is 1. The Kier molecular flexibility index (Phi) is 7.40. The zero-order chi connectivity index (χ0) is 12.6. The molecule has 0 saturated carbocycles. The molecule has 6 heteroatoms. The zero-order valence-electron chi connectivity index (χ0n) is 9.09. The van der Waals surface area contributed by atoms with Gasteiger partial charge in [0.15, 0.2) is 0 Å². The Balaban J connectivity index is 0.000000487. The molecule has 1 aromatic heterocycles. The fourth-order valence-electron chi connectivity index (χ4n) is 0.997. The second-order valence-corrected chi connectivity index (χ2v) is 2.96. The fourth-order valence-corrected chi connectivity index (χ4v) is 0.997. The van der Waals surface area contributed by atoms with Crippen molar-refractivity contribution in [3.05, 3.63) is 23.0 Å². The number of aliphatic hydroxyl groups excluding tert-OH is 4. The first-order chi connectivity index (χ1) is 7.62. The Hall–Kier alpha value is -1.21. The van der Waals surface area contributed by atoms with Crippen molar-refractivity contribution in [1.29, 1.82) is 0 Å². The van der Waals surface area contributed by atoms with Crippen molar-refractivity contribution in [2.45, 2.75) is 20.1 Å². The fraction of sp³-hybridized carbons (Fsp3) is 0.500. The summed E-state index contributed by atoms with van der Waals surface area (Å²) in [7, 11) is 0. The molecule has 0 saturated heterocycles. The maximum atomic E-state index is 9.38. The molecular formula is C10H17NO5. The lowest BCUT2D eigenvalue weighted by Gasteiger charge is -2.07. The number of aliphatic hydroxyl groups is 4. The van der Waals surface area contributed by atoms with Crippen LogP contribution in [0.4, 0.5) is 0 Å². The Bertz CT molecular complexity index is 314. The van der Waals surface area contributed by atoms with Gasteiger partial charge in [0.25, 0.3) is 0 Å². The van der Waals surface area contributed by atoms with Crippen LogP contribution >= 0.6 is 0 Å². The van der Waals surface area contributed by atoms with Crippen molar-refractivity contribution in [1.82, 2.24) is 4.98 Å². The van der Waals surface area contributed by atoms with Gasteiger partial charge in [-0.3, -0.25) is 4.98 Å². The van der Waals surface area contributed by atoms with Crippen molar-refractivity contribution in [3.63, 3.8) is 0 Å². The predicted octanol–water partition coefficient (Wildman–Crippen LogP) is -0.949. The minimum Gasteiger partial charge on any atom is -0.506 e. The highest BCUT2D eigenvalue weighted by molar-refractivity contribution is 5.39. The van der Waals surface area contributed by atoms with Crippen LogP contribution in [-0.4, -0.2) is 43.7 Å². The lowest BCUT2D eigenvalue weighted by atomic mass is 10.1. The largest absolute Gasteiger partial charge is 0.506 e. The summed E-state index contributed by atoms with van der Waals surface area (Å²) in [6, 6.07) is 0. The van der Waals surface area contributed by atoms with E-state index >= 15 is 0 Å². The van der Waals surface area contributed by atoms with Gasteiger partial charge < -0.3 is 25.5 Å². The van der Waals surface area contributed by atoms with Gasteiger partial charge in [-0.15, -0.1) is 0 Å². The van der Waals surface area contributed by atoms with Crippen molar-refractivity contribution in [2.24, 2.45) is 0 Å². The van der Waals surface area contributed by atoms with Gasteiger partial charge in [0.05, 0.1) is 32.1 Å². The molecule has 0 aliphatic rings. The van der Waals surface area contributed by atoms with Crippen molar-refractivity contribution >= 4 is 0 Å². The number of rotatable bonds is 3. The van der Waals surface area contributed by atoms with E-state index in [0.29, 0.717) is 16.8 Å². The highest BCUT2D eigenvalue weighted by Gasteiger charge is 2.09. The second-order valence-electron chi connectivity index (χ2n) is 2.96. The summed E-state index contributed by atoms with van der Waals surface area (Å²) in [5.41, 5.74) is 1.27. The van der Waals surface area contributed by atoms with Gasteiger partial charge in [0, 0.05) is 17.3 Å². The van der Waals surface area contributed by atoms with Crippen LogP contribution in [-0.2, 0) is 13.2 Å². The normalized spacial score (nSPS) is 9.56. The van der Waals surface area contributed by atoms with E-state index in [1.807, 2.05) is 0 Å². The summed E-state index contributed by atoms with van der Waals surface area (Å²) >= 11 is 0. The van der Waals surface area contributed by atoms with Gasteiger partial charge in [0.1, 0.15) is 5.75 Å². The molecule has 0 aromatic carbocycles. The Morgan fingerprint density at radius 1 is 1.06 bits per heavy atom. The molecule has 0 spiro atoms. The molecule has 0 unspecified atom stereocenters. The van der Waals surface area contributed by atoms with Crippen LogP contribution < -0.4 is 0 Å². The average Bonchev–Trinajstić information content (AvgIpc) is 2.32. The molecular weight excluding hydrogens is 214 g/mol. The summed E-state index contributed by atoms with van der Waals surface area (Å²) < 4.78 is 0. The molecule has 16 heavy (non-hydrogen) atoms. The van der Waals surface area contributed by atoms with E-state index in [2.05, 4.69) is 4.98 Å². The molecule has 0 fully saturated rings. The van der Waals surface area contributed by atoms with Gasteiger partial charge in [-0.25, -0.2) is 0 Å². The van der Waals surface area contributed by atoms with Crippen LogP contribution in [0.25, 0.3) is 0 Å². The molecule has 0 atom stereocenters. The van der Waals surface area contributed by atoms with Crippen molar-refractivity contribution in [3.8, 4) is 5.75 Å². The average molecular weight is 231 g/mol. The Morgan fingerprint density at radius 2 is 1.62 bits per heavy atom. The summed E-state index contributed by atoms with van der Waals surface area (Å²) in [5, 5.41) is 42.3. The van der Waals surface area contributed by atoms with Gasteiger partial charge in [0.2, 0.25) is 0 Å². The standard InChI is InChI=1S/C8H11NO3.C2H6O2/c1-5-8(12)7(4-11)6(3-10)2-9-5;3-1-2-4/h2,10-12H,3-4H2,1H3;3-4H,1-2H2. The minimum absolute atomic E-state index is 0.0379. The number of pyridine rings is 1. The third-order valence-electron chi connectivity index (χ3n) is 1.86. The first-order valence-corrected chi connectivity index (χ1v) is 4.72. The molecule has 6 nitrogen and oxygen atoms in total. The monoisotopic (exact) mass is 231 g/mol. The first kappa shape index (κ1) is 14.8. The maximum absolute atomic E-state index is 9.38. The van der Waals surface area contributed by atoms with E-state index in [-0.39, 0.29) is 32.2 Å². The molecule has 1 heterocycles. The molecule has 1 aromatic rings. The van der Waals surface area contributed by atoms with E-state index in [4.69, 9.17) is 20.4 Å². The van der Waals surface area contributed by atoms with E-state index in [1.54, 1.807) is 6.92 Å². The molecule has 5 N–H and O–H groups in total. The summed E-state index contributed by atoms with van der Waals surface area (Å²) in [6.45, 7) is 0.872. The van der Waals surface area contributed by atoms with Gasteiger partial charge >= 0.3 is 0 Å². The molecule has 0 radical (unpaired) electrons. The van der Waals surface area contributed by atoms with Gasteiger partial charge in [-0.1, -0.05) is 0 Å². The lowest BCUT2D eigenvalue weighted by molar-refractivity contribution is 0.186. The molecule has 0 bridgehead atoms. The summed E-state index contributed by atoms with van der Waals surface area (Å²) in [5.74, 6) is -0.0379. The Labute approximate surface area is 93.5 Å². The zero-order valence-corrected chi connectivity index (χ0v) is 9.09. The first-order valence-electron chi connectivity index (χ1n) is 4.72. The predicted molar refractivity (Wildman–Crippen MR) is 56.7 cm³/mol. The van der Waals surface area contributed by atoms with Crippen LogP contribution in [0.3, 0.4) is 0 Å². The quantitative estimate of drug-likeness (QED) is 0.458. The number of hydrogen-bond donors (Lipinski definition) is 5. The number of aromatic hydroxyl groups is 1. The lowest BCUT2D eigenvalue weighted by Crippen LogP contribution is -1.98. The van der Waals surface area contributed by atoms with Gasteiger partial charge in [-0.05, 0) is 6.92 Å². The van der Waals surface area contributed by atoms with Crippen molar-refractivity contribution < 1.29 is 25.5 Å². The van der Waals surface area contributed by atoms with Crippen LogP contribution in [0.5, 0.6) is 5.75 Å². The molecule has 0 aliphatic heterocycles.